The van der Waals surface area contributed by atoms with E-state index >= 15 is 0 Å². The number of benzene rings is 2. The van der Waals surface area contributed by atoms with E-state index in [-0.39, 0.29) is 5.91 Å². The number of nitrogens with one attached hydrogen (secondary N) is 1. The van der Waals surface area contributed by atoms with E-state index in [1.54, 1.807) is 20.1 Å². The van der Waals surface area contributed by atoms with E-state index in [0.29, 0.717) is 24.8 Å². The van der Waals surface area contributed by atoms with E-state index in [1.807, 2.05) is 42.5 Å². The van der Waals surface area contributed by atoms with Crippen LogP contribution in [0.2, 0.25) is 0 Å². The zero-order valence-electron chi connectivity index (χ0n) is 15.8. The molecule has 0 unspecified atom stereocenters. The molecule has 1 amide bonds. The first kappa shape index (κ1) is 19.6. The Morgan fingerprint density at radius 1 is 1.04 bits per heavy atom. The van der Waals surface area contributed by atoms with Crippen LogP contribution < -0.4 is 19.5 Å². The van der Waals surface area contributed by atoms with Crippen LogP contribution in [0.25, 0.3) is 0 Å². The van der Waals surface area contributed by atoms with Crippen LogP contribution in [0.1, 0.15) is 32.3 Å². The van der Waals surface area contributed by atoms with Crippen LogP contribution in [-0.2, 0) is 4.79 Å². The van der Waals surface area contributed by atoms with Crippen molar-refractivity contribution in [1.29, 1.82) is 0 Å². The number of methoxy groups -OCH3 is 1. The molecule has 0 heterocycles. The number of carbonyl (C=O) groups is 1. The van der Waals surface area contributed by atoms with Crippen LogP contribution in [0.5, 0.6) is 17.2 Å². The largest absolute Gasteiger partial charge is 0.497 e. The molecule has 140 valence electrons. The monoisotopic (exact) mass is 357 g/mol. The molecule has 0 aliphatic heterocycles. The molecule has 0 aliphatic rings. The molecule has 2 rings (SSSR count). The minimum absolute atomic E-state index is 0.169. The second kappa shape index (κ2) is 9.70. The highest BCUT2D eigenvalue weighted by Crippen LogP contribution is 2.26. The first-order chi connectivity index (χ1) is 12.5. The van der Waals surface area contributed by atoms with Gasteiger partial charge < -0.3 is 19.5 Å². The van der Waals surface area contributed by atoms with Crippen LogP contribution >= 0.6 is 0 Å². The highest BCUT2D eigenvalue weighted by molar-refractivity contribution is 5.80. The van der Waals surface area contributed by atoms with Crippen LogP contribution in [0.3, 0.4) is 0 Å². The van der Waals surface area contributed by atoms with E-state index in [0.717, 1.165) is 17.1 Å². The maximum absolute atomic E-state index is 12.2. The summed E-state index contributed by atoms with van der Waals surface area (Å²) in [6.07, 6.45) is -0.577. The summed E-state index contributed by atoms with van der Waals surface area (Å²) in [5.74, 6) is 2.35. The van der Waals surface area contributed by atoms with Gasteiger partial charge in [-0.1, -0.05) is 38.1 Å². The molecule has 2 aromatic rings. The lowest BCUT2D eigenvalue weighted by atomic mass is 10.0. The summed E-state index contributed by atoms with van der Waals surface area (Å²) in [7, 11) is 1.61. The Bertz CT molecular complexity index is 715. The molecule has 0 aliphatic carbocycles. The zero-order chi connectivity index (χ0) is 18.9. The first-order valence-corrected chi connectivity index (χ1v) is 8.81. The van der Waals surface area contributed by atoms with Gasteiger partial charge in [0.1, 0.15) is 23.9 Å². The molecule has 1 atom stereocenters. The van der Waals surface area contributed by atoms with E-state index in [2.05, 4.69) is 19.2 Å². The second-order valence-corrected chi connectivity index (χ2v) is 6.27. The number of amides is 1. The average Bonchev–Trinajstić information content (AvgIpc) is 2.65. The number of ether oxygens (including phenoxy) is 3. The molecular formula is C21H27NO4. The summed E-state index contributed by atoms with van der Waals surface area (Å²) in [5, 5.41) is 2.83. The van der Waals surface area contributed by atoms with Gasteiger partial charge in [-0.15, -0.1) is 0 Å². The fourth-order valence-electron chi connectivity index (χ4n) is 2.49. The number of rotatable bonds is 9. The molecule has 0 radical (unpaired) electrons. The molecule has 0 saturated carbocycles. The smallest absolute Gasteiger partial charge is 0.260 e. The third-order valence-corrected chi connectivity index (χ3v) is 3.93. The molecule has 0 aromatic heterocycles. The standard InChI is InChI=1S/C21H27NO4/c1-15(2)19-10-5-6-11-20(19)26-16(3)21(23)22-12-13-25-18-9-7-8-17(14-18)24-4/h5-11,14-16H,12-13H2,1-4H3,(H,22,23)/t16-/m1/s1. The highest BCUT2D eigenvalue weighted by atomic mass is 16.5. The summed E-state index contributed by atoms with van der Waals surface area (Å²) >= 11 is 0. The van der Waals surface area contributed by atoms with Crippen LogP contribution in [0.15, 0.2) is 48.5 Å². The Balaban J connectivity index is 1.79. The van der Waals surface area contributed by atoms with E-state index in [4.69, 9.17) is 14.2 Å². The maximum Gasteiger partial charge on any atom is 0.260 e. The minimum atomic E-state index is -0.577. The lowest BCUT2D eigenvalue weighted by molar-refractivity contribution is -0.127. The molecule has 5 nitrogen and oxygen atoms in total. The fourth-order valence-corrected chi connectivity index (χ4v) is 2.49. The first-order valence-electron chi connectivity index (χ1n) is 8.81. The summed E-state index contributed by atoms with van der Waals surface area (Å²) in [6.45, 7) is 6.71. The van der Waals surface area contributed by atoms with Crippen molar-refractivity contribution >= 4 is 5.91 Å². The Kier molecular flexibility index (Phi) is 7.33. The third-order valence-electron chi connectivity index (χ3n) is 3.93. The molecule has 0 saturated heterocycles. The van der Waals surface area contributed by atoms with E-state index in [9.17, 15) is 4.79 Å². The van der Waals surface area contributed by atoms with Crippen molar-refractivity contribution in [1.82, 2.24) is 5.32 Å². The number of carbonyl (C=O) groups excluding carboxylic acids is 1. The number of para-hydroxylation sites is 1. The normalized spacial score (nSPS) is 11.7. The highest BCUT2D eigenvalue weighted by Gasteiger charge is 2.16. The van der Waals surface area contributed by atoms with Crippen molar-refractivity contribution in [3.05, 3.63) is 54.1 Å². The van der Waals surface area contributed by atoms with Gasteiger partial charge in [0.25, 0.3) is 5.91 Å². The fraction of sp³-hybridized carbons (Fsp3) is 0.381. The predicted octanol–water partition coefficient (Wildman–Crippen LogP) is 3.78. The van der Waals surface area contributed by atoms with Gasteiger partial charge in [0.2, 0.25) is 0 Å². The molecule has 26 heavy (non-hydrogen) atoms. The average molecular weight is 357 g/mol. The van der Waals surface area contributed by atoms with Gasteiger partial charge in [0, 0.05) is 6.07 Å². The van der Waals surface area contributed by atoms with Crippen molar-refractivity contribution in [2.75, 3.05) is 20.3 Å². The molecule has 1 N–H and O–H groups in total. The van der Waals surface area contributed by atoms with E-state index in [1.165, 1.54) is 0 Å². The van der Waals surface area contributed by atoms with Gasteiger partial charge in [-0.2, -0.15) is 0 Å². The van der Waals surface area contributed by atoms with Gasteiger partial charge >= 0.3 is 0 Å². The SMILES string of the molecule is COc1cccc(OCCNC(=O)[C@@H](C)Oc2ccccc2C(C)C)c1. The number of hydrogen-bond donors (Lipinski definition) is 1. The van der Waals surface area contributed by atoms with Crippen LogP contribution in [0, 0.1) is 0 Å². The van der Waals surface area contributed by atoms with Gasteiger partial charge in [0.05, 0.1) is 13.7 Å². The quantitative estimate of drug-likeness (QED) is 0.694. The zero-order valence-corrected chi connectivity index (χ0v) is 15.8. The van der Waals surface area contributed by atoms with Crippen molar-refractivity contribution in [3.63, 3.8) is 0 Å². The molecule has 0 fully saturated rings. The topological polar surface area (TPSA) is 56.8 Å². The second-order valence-electron chi connectivity index (χ2n) is 6.27. The summed E-state index contributed by atoms with van der Waals surface area (Å²) in [6, 6.07) is 15.2. The van der Waals surface area contributed by atoms with Gasteiger partial charge in [0.15, 0.2) is 6.10 Å². The molecule has 0 spiro atoms. The van der Waals surface area contributed by atoms with Crippen LogP contribution in [0.4, 0.5) is 0 Å². The Morgan fingerprint density at radius 3 is 2.50 bits per heavy atom. The Labute approximate surface area is 155 Å². The lowest BCUT2D eigenvalue weighted by Crippen LogP contribution is -2.38. The van der Waals surface area contributed by atoms with Crippen LogP contribution in [-0.4, -0.2) is 32.3 Å². The van der Waals surface area contributed by atoms with Gasteiger partial charge in [-0.3, -0.25) is 4.79 Å². The molecule has 5 heteroatoms. The summed E-state index contributed by atoms with van der Waals surface area (Å²) in [4.78, 5) is 12.2. The maximum atomic E-state index is 12.2. The van der Waals surface area contributed by atoms with E-state index < -0.39 is 6.10 Å². The predicted molar refractivity (Wildman–Crippen MR) is 102 cm³/mol. The van der Waals surface area contributed by atoms with Crippen molar-refractivity contribution in [3.8, 4) is 17.2 Å². The summed E-state index contributed by atoms with van der Waals surface area (Å²) in [5.41, 5.74) is 1.09. The third kappa shape index (κ3) is 5.69. The van der Waals surface area contributed by atoms with Gasteiger partial charge in [-0.05, 0) is 36.6 Å². The van der Waals surface area contributed by atoms with Crippen molar-refractivity contribution in [2.45, 2.75) is 32.8 Å². The Hall–Kier alpha value is -2.69. The molecule has 0 bridgehead atoms. The number of hydrogen-bond acceptors (Lipinski definition) is 4. The molecule has 2 aromatic carbocycles. The van der Waals surface area contributed by atoms with Gasteiger partial charge in [-0.25, -0.2) is 0 Å². The Morgan fingerprint density at radius 2 is 1.77 bits per heavy atom. The lowest BCUT2D eigenvalue weighted by Gasteiger charge is -2.18. The van der Waals surface area contributed by atoms with Crippen molar-refractivity contribution < 1.29 is 19.0 Å². The summed E-state index contributed by atoms with van der Waals surface area (Å²) < 4.78 is 16.6. The molecular weight excluding hydrogens is 330 g/mol. The minimum Gasteiger partial charge on any atom is -0.497 e. The van der Waals surface area contributed by atoms with Crippen molar-refractivity contribution in [2.24, 2.45) is 0 Å².